The molecule has 4 heteroatoms. The first kappa shape index (κ1) is 18.8. The first-order valence-corrected chi connectivity index (χ1v) is 6.88. The van der Waals surface area contributed by atoms with Crippen LogP contribution in [-0.2, 0) is 6.42 Å². The fourth-order valence-electron chi connectivity index (χ4n) is 1.73. The van der Waals surface area contributed by atoms with Gasteiger partial charge in [-0.3, -0.25) is 0 Å². The van der Waals surface area contributed by atoms with Crippen LogP contribution in [0.2, 0.25) is 0 Å². The highest BCUT2D eigenvalue weighted by Crippen LogP contribution is 2.15. The fourth-order valence-corrected chi connectivity index (χ4v) is 1.73. The van der Waals surface area contributed by atoms with Gasteiger partial charge in [-0.2, -0.15) is 5.26 Å². The maximum atomic E-state index is 8.43. The van der Waals surface area contributed by atoms with Gasteiger partial charge in [0.1, 0.15) is 5.75 Å². The predicted molar refractivity (Wildman–Crippen MR) is 85.5 cm³/mol. The van der Waals surface area contributed by atoms with E-state index in [2.05, 4.69) is 44.1 Å². The number of aryl methyl sites for hydroxylation is 1. The minimum atomic E-state index is 0. The summed E-state index contributed by atoms with van der Waals surface area (Å²) in [7, 11) is 4.23. The average molecular weight is 297 g/mol. The second-order valence-electron chi connectivity index (χ2n) is 5.11. The Balaban J connectivity index is 0.00000361. The van der Waals surface area contributed by atoms with Gasteiger partial charge in [0, 0.05) is 12.5 Å². The lowest BCUT2D eigenvalue weighted by molar-refractivity contribution is 0.299. The van der Waals surface area contributed by atoms with Gasteiger partial charge in [-0.15, -0.1) is 12.4 Å². The van der Waals surface area contributed by atoms with Gasteiger partial charge in [0.15, 0.2) is 0 Å². The number of nitrogens with zero attached hydrogens (tertiary/aromatic N) is 2. The van der Waals surface area contributed by atoms with Crippen molar-refractivity contribution in [3.8, 4) is 11.8 Å². The summed E-state index contributed by atoms with van der Waals surface area (Å²) >= 11 is 0. The SMILES string of the molecule is CC(CCc1ccc(OCCCC#N)cc1)N(C)C.Cl. The summed E-state index contributed by atoms with van der Waals surface area (Å²) in [6.45, 7) is 2.86. The lowest BCUT2D eigenvalue weighted by atomic mass is 10.1. The van der Waals surface area contributed by atoms with Gasteiger partial charge in [0.25, 0.3) is 0 Å². The van der Waals surface area contributed by atoms with Crippen molar-refractivity contribution >= 4 is 12.4 Å². The number of unbranched alkanes of at least 4 members (excludes halogenated alkanes) is 1. The molecular formula is C16H25ClN2O. The standard InChI is InChI=1S/C16H24N2O.ClH/c1-14(18(2)3)6-7-15-8-10-16(11-9-15)19-13-5-4-12-17;/h8-11,14H,4-7,13H2,1-3H3;1H. The molecule has 0 fully saturated rings. The van der Waals surface area contributed by atoms with Gasteiger partial charge in [0.05, 0.1) is 12.7 Å². The van der Waals surface area contributed by atoms with Crippen molar-refractivity contribution in [1.82, 2.24) is 4.90 Å². The molecule has 0 spiro atoms. The molecule has 1 rings (SSSR count). The van der Waals surface area contributed by atoms with Crippen LogP contribution in [0.25, 0.3) is 0 Å². The highest BCUT2D eigenvalue weighted by molar-refractivity contribution is 5.85. The zero-order chi connectivity index (χ0) is 14.1. The summed E-state index contributed by atoms with van der Waals surface area (Å²) in [6.07, 6.45) is 3.60. The van der Waals surface area contributed by atoms with Gasteiger partial charge >= 0.3 is 0 Å². The van der Waals surface area contributed by atoms with Crippen LogP contribution in [0.5, 0.6) is 5.75 Å². The largest absolute Gasteiger partial charge is 0.494 e. The van der Waals surface area contributed by atoms with E-state index in [1.54, 1.807) is 0 Å². The van der Waals surface area contributed by atoms with E-state index in [0.29, 0.717) is 19.1 Å². The Morgan fingerprint density at radius 2 is 1.90 bits per heavy atom. The molecular weight excluding hydrogens is 272 g/mol. The molecule has 0 saturated carbocycles. The van der Waals surface area contributed by atoms with Crippen LogP contribution in [0.1, 0.15) is 31.7 Å². The molecule has 0 aliphatic heterocycles. The van der Waals surface area contributed by atoms with E-state index in [9.17, 15) is 0 Å². The molecule has 0 aliphatic carbocycles. The number of hydrogen-bond acceptors (Lipinski definition) is 3. The third-order valence-corrected chi connectivity index (χ3v) is 3.36. The quantitative estimate of drug-likeness (QED) is 0.687. The van der Waals surface area contributed by atoms with Crippen LogP contribution in [0.3, 0.4) is 0 Å². The van der Waals surface area contributed by atoms with Crippen molar-refractivity contribution < 1.29 is 4.74 Å². The molecule has 0 aromatic heterocycles. The lowest BCUT2D eigenvalue weighted by Crippen LogP contribution is -2.24. The monoisotopic (exact) mass is 296 g/mol. The van der Waals surface area contributed by atoms with Crippen molar-refractivity contribution in [2.24, 2.45) is 0 Å². The minimum absolute atomic E-state index is 0. The Bertz CT molecular complexity index is 398. The van der Waals surface area contributed by atoms with E-state index in [-0.39, 0.29) is 12.4 Å². The highest BCUT2D eigenvalue weighted by atomic mass is 35.5. The predicted octanol–water partition coefficient (Wildman–Crippen LogP) is 3.67. The van der Waals surface area contributed by atoms with Crippen molar-refractivity contribution in [3.05, 3.63) is 29.8 Å². The van der Waals surface area contributed by atoms with Crippen LogP contribution >= 0.6 is 12.4 Å². The zero-order valence-electron chi connectivity index (χ0n) is 12.6. The summed E-state index contributed by atoms with van der Waals surface area (Å²) in [5.41, 5.74) is 1.35. The van der Waals surface area contributed by atoms with Crippen molar-refractivity contribution in [1.29, 1.82) is 5.26 Å². The molecule has 1 aromatic carbocycles. The molecule has 0 N–H and O–H groups in total. The highest BCUT2D eigenvalue weighted by Gasteiger charge is 2.04. The molecule has 3 nitrogen and oxygen atoms in total. The molecule has 1 aromatic rings. The van der Waals surface area contributed by atoms with Crippen LogP contribution in [0.4, 0.5) is 0 Å². The van der Waals surface area contributed by atoms with Crippen molar-refractivity contribution in [2.45, 2.75) is 38.6 Å². The summed E-state index contributed by atoms with van der Waals surface area (Å²) in [4.78, 5) is 2.24. The van der Waals surface area contributed by atoms with Crippen LogP contribution < -0.4 is 4.74 Å². The van der Waals surface area contributed by atoms with Gasteiger partial charge in [0.2, 0.25) is 0 Å². The number of benzene rings is 1. The third-order valence-electron chi connectivity index (χ3n) is 3.36. The summed E-state index contributed by atoms with van der Waals surface area (Å²) in [6, 6.07) is 11.0. The van der Waals surface area contributed by atoms with E-state index in [4.69, 9.17) is 10.00 Å². The van der Waals surface area contributed by atoms with Crippen LogP contribution in [0.15, 0.2) is 24.3 Å². The average Bonchev–Trinajstić information content (AvgIpc) is 2.42. The maximum absolute atomic E-state index is 8.43. The van der Waals surface area contributed by atoms with E-state index < -0.39 is 0 Å². The Kier molecular flexibility index (Phi) is 9.88. The lowest BCUT2D eigenvalue weighted by Gasteiger charge is -2.19. The minimum Gasteiger partial charge on any atom is -0.494 e. The van der Waals surface area contributed by atoms with E-state index in [1.807, 2.05) is 12.1 Å². The van der Waals surface area contributed by atoms with Crippen molar-refractivity contribution in [3.63, 3.8) is 0 Å². The van der Waals surface area contributed by atoms with Crippen LogP contribution in [0, 0.1) is 11.3 Å². The van der Waals surface area contributed by atoms with E-state index in [0.717, 1.165) is 25.0 Å². The molecule has 20 heavy (non-hydrogen) atoms. The molecule has 0 saturated heterocycles. The third kappa shape index (κ3) is 7.37. The summed E-state index contributed by atoms with van der Waals surface area (Å²) in [5, 5.41) is 8.43. The van der Waals surface area contributed by atoms with Crippen molar-refractivity contribution in [2.75, 3.05) is 20.7 Å². The molecule has 1 atom stereocenters. The normalized spacial score (nSPS) is 11.6. The Morgan fingerprint density at radius 1 is 1.25 bits per heavy atom. The molecule has 0 radical (unpaired) electrons. The number of hydrogen-bond donors (Lipinski definition) is 0. The Morgan fingerprint density at radius 3 is 2.45 bits per heavy atom. The summed E-state index contributed by atoms with van der Waals surface area (Å²) < 4.78 is 5.57. The number of rotatable bonds is 8. The van der Waals surface area contributed by atoms with Crippen LogP contribution in [-0.4, -0.2) is 31.6 Å². The molecule has 0 bridgehead atoms. The Hall–Kier alpha value is -1.24. The zero-order valence-corrected chi connectivity index (χ0v) is 13.4. The Labute approximate surface area is 128 Å². The maximum Gasteiger partial charge on any atom is 0.119 e. The number of nitriles is 1. The second-order valence-corrected chi connectivity index (χ2v) is 5.11. The first-order valence-electron chi connectivity index (χ1n) is 6.88. The first-order chi connectivity index (χ1) is 9.13. The van der Waals surface area contributed by atoms with E-state index in [1.165, 1.54) is 5.56 Å². The smallest absolute Gasteiger partial charge is 0.119 e. The molecule has 112 valence electrons. The fraction of sp³-hybridized carbons (Fsp3) is 0.562. The number of halogens is 1. The van der Waals surface area contributed by atoms with Gasteiger partial charge in [-0.25, -0.2) is 0 Å². The van der Waals surface area contributed by atoms with E-state index >= 15 is 0 Å². The second kappa shape index (κ2) is 10.5. The molecule has 1 unspecified atom stereocenters. The molecule has 0 heterocycles. The topological polar surface area (TPSA) is 36.3 Å². The molecule has 0 amide bonds. The van der Waals surface area contributed by atoms with Gasteiger partial charge in [-0.05, 0) is 58.0 Å². The number of ether oxygens (including phenoxy) is 1. The van der Waals surface area contributed by atoms with Gasteiger partial charge < -0.3 is 9.64 Å². The van der Waals surface area contributed by atoms with Gasteiger partial charge in [-0.1, -0.05) is 12.1 Å². The summed E-state index contributed by atoms with van der Waals surface area (Å²) in [5.74, 6) is 0.891. The molecule has 0 aliphatic rings.